The third-order valence-corrected chi connectivity index (χ3v) is 3.58. The number of amides is 1. The maximum Gasteiger partial charge on any atom is 0.218 e. The first-order valence-corrected chi connectivity index (χ1v) is 5.77. The number of hydrogen-bond donors (Lipinski definition) is 1. The maximum absolute atomic E-state index is 13.8. The quantitative estimate of drug-likeness (QED) is 0.865. The van der Waals surface area contributed by atoms with E-state index in [-0.39, 0.29) is 6.42 Å². The first kappa shape index (κ1) is 12.0. The second kappa shape index (κ2) is 4.43. The summed E-state index contributed by atoms with van der Waals surface area (Å²) in [5.41, 5.74) is 5.14. The molecule has 0 saturated heterocycles. The van der Waals surface area contributed by atoms with Crippen molar-refractivity contribution in [3.05, 3.63) is 35.4 Å². The van der Waals surface area contributed by atoms with Crippen molar-refractivity contribution >= 4 is 5.91 Å². The molecule has 4 heteroatoms. The number of hydrogen-bond acceptors (Lipinski definition) is 1. The molecule has 1 aliphatic rings. The molecule has 0 aliphatic heterocycles. The Hall–Kier alpha value is -1.45. The van der Waals surface area contributed by atoms with E-state index in [1.807, 2.05) is 0 Å². The summed E-state index contributed by atoms with van der Waals surface area (Å²) in [6.07, 6.45) is 3.50. The summed E-state index contributed by atoms with van der Waals surface area (Å²) in [7, 11) is 0. The summed E-state index contributed by atoms with van der Waals surface area (Å²) in [4.78, 5) is 11.1. The number of halogens is 2. The summed E-state index contributed by atoms with van der Waals surface area (Å²) in [6, 6.07) is 3.55. The van der Waals surface area contributed by atoms with Gasteiger partial charge in [-0.3, -0.25) is 4.79 Å². The van der Waals surface area contributed by atoms with Crippen LogP contribution in [-0.4, -0.2) is 5.91 Å². The number of carbonyl (C=O) groups excluding carboxylic acids is 1. The summed E-state index contributed by atoms with van der Waals surface area (Å²) in [5, 5.41) is 0. The Kier molecular flexibility index (Phi) is 3.13. The number of rotatable bonds is 3. The molecule has 0 aromatic heterocycles. The Bertz CT molecular complexity index is 439. The molecule has 0 atom stereocenters. The van der Waals surface area contributed by atoms with Gasteiger partial charge in [0.15, 0.2) is 0 Å². The molecular weight excluding hydrogens is 224 g/mol. The number of nitrogens with two attached hydrogens (primary N) is 1. The van der Waals surface area contributed by atoms with E-state index >= 15 is 0 Å². The molecule has 0 heterocycles. The average Bonchev–Trinajstić information content (AvgIpc) is 2.65. The molecule has 0 unspecified atom stereocenters. The van der Waals surface area contributed by atoms with Crippen LogP contribution in [0, 0.1) is 11.6 Å². The lowest BCUT2D eigenvalue weighted by molar-refractivity contribution is -0.119. The average molecular weight is 239 g/mol. The van der Waals surface area contributed by atoms with Crippen molar-refractivity contribution in [2.75, 3.05) is 0 Å². The van der Waals surface area contributed by atoms with Crippen molar-refractivity contribution in [1.29, 1.82) is 0 Å². The molecule has 1 amide bonds. The van der Waals surface area contributed by atoms with Crippen LogP contribution < -0.4 is 5.73 Å². The minimum Gasteiger partial charge on any atom is -0.370 e. The van der Waals surface area contributed by atoms with Gasteiger partial charge in [0.05, 0.1) is 0 Å². The molecule has 17 heavy (non-hydrogen) atoms. The van der Waals surface area contributed by atoms with Gasteiger partial charge in [0.1, 0.15) is 11.6 Å². The molecule has 0 spiro atoms. The normalized spacial score (nSPS) is 18.2. The van der Waals surface area contributed by atoms with Crippen molar-refractivity contribution in [3.8, 4) is 0 Å². The van der Waals surface area contributed by atoms with Crippen molar-refractivity contribution in [3.63, 3.8) is 0 Å². The van der Waals surface area contributed by atoms with Gasteiger partial charge in [-0.15, -0.1) is 0 Å². The van der Waals surface area contributed by atoms with E-state index in [0.717, 1.165) is 31.7 Å². The minimum atomic E-state index is -0.599. The van der Waals surface area contributed by atoms with Gasteiger partial charge in [0, 0.05) is 17.9 Å². The van der Waals surface area contributed by atoms with Crippen LogP contribution in [0.25, 0.3) is 0 Å². The fourth-order valence-corrected chi connectivity index (χ4v) is 2.85. The van der Waals surface area contributed by atoms with E-state index in [0.29, 0.717) is 5.56 Å². The molecule has 2 N–H and O–H groups in total. The highest BCUT2D eigenvalue weighted by molar-refractivity contribution is 5.75. The van der Waals surface area contributed by atoms with E-state index in [9.17, 15) is 13.6 Å². The van der Waals surface area contributed by atoms with Crippen LogP contribution in [-0.2, 0) is 10.2 Å². The zero-order valence-corrected chi connectivity index (χ0v) is 9.51. The number of carbonyl (C=O) groups is 1. The summed E-state index contributed by atoms with van der Waals surface area (Å²) >= 11 is 0. The smallest absolute Gasteiger partial charge is 0.218 e. The predicted molar refractivity (Wildman–Crippen MR) is 60.3 cm³/mol. The molecule has 2 nitrogen and oxygen atoms in total. The molecule has 0 radical (unpaired) electrons. The van der Waals surface area contributed by atoms with E-state index in [2.05, 4.69) is 0 Å². The Morgan fingerprint density at radius 1 is 1.29 bits per heavy atom. The molecule has 1 aromatic rings. The van der Waals surface area contributed by atoms with Crippen molar-refractivity contribution in [1.82, 2.24) is 0 Å². The van der Waals surface area contributed by atoms with Crippen molar-refractivity contribution in [2.45, 2.75) is 37.5 Å². The van der Waals surface area contributed by atoms with Gasteiger partial charge in [0.2, 0.25) is 5.91 Å². The van der Waals surface area contributed by atoms with Crippen LogP contribution in [0.15, 0.2) is 18.2 Å². The molecule has 0 bridgehead atoms. The molecule has 1 saturated carbocycles. The van der Waals surface area contributed by atoms with Gasteiger partial charge >= 0.3 is 0 Å². The highest BCUT2D eigenvalue weighted by Gasteiger charge is 2.38. The van der Waals surface area contributed by atoms with Crippen LogP contribution in [0.5, 0.6) is 0 Å². The minimum absolute atomic E-state index is 0.134. The van der Waals surface area contributed by atoms with Crippen molar-refractivity contribution in [2.24, 2.45) is 5.73 Å². The Morgan fingerprint density at radius 3 is 2.47 bits per heavy atom. The fraction of sp³-hybridized carbons (Fsp3) is 0.462. The monoisotopic (exact) mass is 239 g/mol. The summed E-state index contributed by atoms with van der Waals surface area (Å²) < 4.78 is 26.7. The van der Waals surface area contributed by atoms with Gasteiger partial charge in [0.25, 0.3) is 0 Å². The molecule has 1 aromatic carbocycles. The lowest BCUT2D eigenvalue weighted by Crippen LogP contribution is -2.30. The predicted octanol–water partition coefficient (Wildman–Crippen LogP) is 2.65. The molecule has 1 fully saturated rings. The third kappa shape index (κ3) is 2.30. The molecule has 2 rings (SSSR count). The maximum atomic E-state index is 13.8. The van der Waals surface area contributed by atoms with Gasteiger partial charge in [-0.2, -0.15) is 0 Å². The largest absolute Gasteiger partial charge is 0.370 e. The standard InChI is InChI=1S/C13H15F2NO/c14-9-3-4-10(11(15)7-9)13(8-12(16)17)5-1-2-6-13/h3-4,7H,1-2,5-6,8H2,(H2,16,17). The second-order valence-electron chi connectivity index (χ2n) is 4.75. The first-order chi connectivity index (χ1) is 8.03. The van der Waals surface area contributed by atoms with Gasteiger partial charge in [-0.25, -0.2) is 8.78 Å². The van der Waals surface area contributed by atoms with E-state index in [1.54, 1.807) is 0 Å². The molecular formula is C13H15F2NO. The summed E-state index contributed by atoms with van der Waals surface area (Å²) in [5.74, 6) is -1.61. The van der Waals surface area contributed by atoms with Gasteiger partial charge < -0.3 is 5.73 Å². The molecule has 1 aliphatic carbocycles. The van der Waals surface area contributed by atoms with Crippen molar-refractivity contribution < 1.29 is 13.6 Å². The van der Waals surface area contributed by atoms with Crippen LogP contribution in [0.4, 0.5) is 8.78 Å². The fourth-order valence-electron chi connectivity index (χ4n) is 2.85. The number of benzene rings is 1. The highest BCUT2D eigenvalue weighted by atomic mass is 19.1. The highest BCUT2D eigenvalue weighted by Crippen LogP contribution is 2.44. The topological polar surface area (TPSA) is 43.1 Å². The third-order valence-electron chi connectivity index (χ3n) is 3.58. The van der Waals surface area contributed by atoms with E-state index in [1.165, 1.54) is 12.1 Å². The Labute approximate surface area is 98.8 Å². The zero-order chi connectivity index (χ0) is 12.5. The SMILES string of the molecule is NC(=O)CC1(c2ccc(F)cc2F)CCCC1. The van der Waals surface area contributed by atoms with Crippen LogP contribution in [0.2, 0.25) is 0 Å². The van der Waals surface area contributed by atoms with Gasteiger partial charge in [-0.05, 0) is 24.5 Å². The number of primary amides is 1. The van der Waals surface area contributed by atoms with Crippen LogP contribution in [0.1, 0.15) is 37.7 Å². The van der Waals surface area contributed by atoms with E-state index < -0.39 is 23.0 Å². The van der Waals surface area contributed by atoms with Crippen LogP contribution in [0.3, 0.4) is 0 Å². The first-order valence-electron chi connectivity index (χ1n) is 5.77. The lowest BCUT2D eigenvalue weighted by Gasteiger charge is -2.28. The second-order valence-corrected chi connectivity index (χ2v) is 4.75. The zero-order valence-electron chi connectivity index (χ0n) is 9.51. The lowest BCUT2D eigenvalue weighted by atomic mass is 9.75. The van der Waals surface area contributed by atoms with Gasteiger partial charge in [-0.1, -0.05) is 18.9 Å². The Balaban J connectivity index is 2.42. The van der Waals surface area contributed by atoms with Crippen LogP contribution >= 0.6 is 0 Å². The van der Waals surface area contributed by atoms with E-state index in [4.69, 9.17) is 5.73 Å². The molecule has 92 valence electrons. The summed E-state index contributed by atoms with van der Waals surface area (Å²) in [6.45, 7) is 0. The Morgan fingerprint density at radius 2 is 1.94 bits per heavy atom.